The molecule has 1 atom stereocenters. The number of benzene rings is 1. The largest absolute Gasteiger partial charge is 0.339 e. The molecule has 1 aliphatic heterocycles. The lowest BCUT2D eigenvalue weighted by molar-refractivity contribution is -0.120. The fourth-order valence-electron chi connectivity index (χ4n) is 3.30. The van der Waals surface area contributed by atoms with Gasteiger partial charge in [0.1, 0.15) is 10.0 Å². The van der Waals surface area contributed by atoms with Gasteiger partial charge in [0, 0.05) is 36.6 Å². The second-order valence-electron chi connectivity index (χ2n) is 6.99. The number of hydrogen-bond donors (Lipinski definition) is 1. The van der Waals surface area contributed by atoms with Gasteiger partial charge >= 0.3 is 0 Å². The topological polar surface area (TPSA) is 105 Å². The average molecular weight is 451 g/mol. The van der Waals surface area contributed by atoms with Crippen molar-refractivity contribution in [2.75, 3.05) is 18.4 Å². The van der Waals surface area contributed by atoms with Crippen molar-refractivity contribution in [2.45, 2.75) is 24.0 Å². The number of sulfonamides is 1. The highest BCUT2D eigenvalue weighted by molar-refractivity contribution is 7.91. The Kier molecular flexibility index (Phi) is 5.67. The van der Waals surface area contributed by atoms with E-state index in [2.05, 4.69) is 15.5 Å². The summed E-state index contributed by atoms with van der Waals surface area (Å²) in [5.74, 6) is -0.573. The SMILES string of the molecule is Cc1nc(-c2csc(S(=O)(=O)N3CCC[C@H](C(=O)Nc4cccc(F)c4)C3)c2)no1. The van der Waals surface area contributed by atoms with Gasteiger partial charge in [0.15, 0.2) is 0 Å². The standard InChI is InChI=1S/C19H19FN4O4S2/c1-12-21-18(23-28-12)14-8-17(29-11-14)30(26,27)24-7-3-4-13(10-24)19(25)22-16-6-2-5-15(20)9-16/h2,5-6,8-9,11,13H,3-4,7,10H2,1H3,(H,22,25)/t13-/m0/s1. The first kappa shape index (κ1) is 20.6. The molecule has 158 valence electrons. The van der Waals surface area contributed by atoms with Crippen molar-refractivity contribution >= 4 is 33.0 Å². The fourth-order valence-corrected chi connectivity index (χ4v) is 6.13. The lowest BCUT2D eigenvalue weighted by Gasteiger charge is -2.30. The molecule has 1 N–H and O–H groups in total. The molecule has 2 aromatic heterocycles. The van der Waals surface area contributed by atoms with Crippen LogP contribution in [-0.2, 0) is 14.8 Å². The van der Waals surface area contributed by atoms with Gasteiger partial charge in [-0.3, -0.25) is 4.79 Å². The van der Waals surface area contributed by atoms with E-state index >= 15 is 0 Å². The molecule has 0 radical (unpaired) electrons. The number of carbonyl (C=O) groups is 1. The molecule has 8 nitrogen and oxygen atoms in total. The first-order chi connectivity index (χ1) is 14.3. The number of halogens is 1. The molecule has 1 aromatic carbocycles. The summed E-state index contributed by atoms with van der Waals surface area (Å²) >= 11 is 1.07. The minimum atomic E-state index is -3.76. The van der Waals surface area contributed by atoms with Crippen LogP contribution < -0.4 is 5.32 Å². The molecule has 3 aromatic rings. The van der Waals surface area contributed by atoms with E-state index in [1.165, 1.54) is 28.6 Å². The molecule has 30 heavy (non-hydrogen) atoms. The van der Waals surface area contributed by atoms with Gasteiger partial charge in [-0.1, -0.05) is 11.2 Å². The van der Waals surface area contributed by atoms with Crippen molar-refractivity contribution in [3.63, 3.8) is 0 Å². The number of thiophene rings is 1. The van der Waals surface area contributed by atoms with Crippen LogP contribution >= 0.6 is 11.3 Å². The summed E-state index contributed by atoms with van der Waals surface area (Å²) in [6, 6.07) is 7.12. The van der Waals surface area contributed by atoms with Gasteiger partial charge in [-0.15, -0.1) is 11.3 Å². The van der Waals surface area contributed by atoms with E-state index in [1.807, 2.05) is 0 Å². The van der Waals surface area contributed by atoms with Crippen LogP contribution in [0.15, 0.2) is 44.4 Å². The quantitative estimate of drug-likeness (QED) is 0.640. The summed E-state index contributed by atoms with van der Waals surface area (Å²) in [5.41, 5.74) is 0.908. The number of aryl methyl sites for hydroxylation is 1. The van der Waals surface area contributed by atoms with Crippen molar-refractivity contribution in [3.8, 4) is 11.4 Å². The molecule has 1 saturated heterocycles. The normalized spacial score (nSPS) is 17.7. The van der Waals surface area contributed by atoms with Crippen LogP contribution in [0.3, 0.4) is 0 Å². The second kappa shape index (κ2) is 8.25. The van der Waals surface area contributed by atoms with E-state index in [9.17, 15) is 17.6 Å². The highest BCUT2D eigenvalue weighted by atomic mass is 32.2. The monoisotopic (exact) mass is 450 g/mol. The van der Waals surface area contributed by atoms with Crippen molar-refractivity contribution in [2.24, 2.45) is 5.92 Å². The molecule has 3 heterocycles. The van der Waals surface area contributed by atoms with Crippen LogP contribution in [0.1, 0.15) is 18.7 Å². The Morgan fingerprint density at radius 1 is 1.37 bits per heavy atom. The Morgan fingerprint density at radius 3 is 2.93 bits per heavy atom. The average Bonchev–Trinajstić information content (AvgIpc) is 3.37. The van der Waals surface area contributed by atoms with Gasteiger partial charge in [-0.25, -0.2) is 12.8 Å². The van der Waals surface area contributed by atoms with Gasteiger partial charge in [-0.05, 0) is 37.1 Å². The molecule has 0 unspecified atom stereocenters. The first-order valence-corrected chi connectivity index (χ1v) is 11.6. The van der Waals surface area contributed by atoms with Crippen molar-refractivity contribution in [1.29, 1.82) is 0 Å². The van der Waals surface area contributed by atoms with E-state index < -0.39 is 21.8 Å². The van der Waals surface area contributed by atoms with Gasteiger partial charge in [0.05, 0.1) is 5.92 Å². The second-order valence-corrected chi connectivity index (χ2v) is 10.1. The zero-order valence-electron chi connectivity index (χ0n) is 16.0. The molecule has 0 aliphatic carbocycles. The minimum Gasteiger partial charge on any atom is -0.339 e. The zero-order chi connectivity index (χ0) is 21.3. The lowest BCUT2D eigenvalue weighted by atomic mass is 9.99. The smallest absolute Gasteiger partial charge is 0.252 e. The number of amides is 1. The third-order valence-corrected chi connectivity index (χ3v) is 8.08. The third-order valence-electron chi connectivity index (χ3n) is 4.80. The van der Waals surface area contributed by atoms with Crippen LogP contribution in [0.25, 0.3) is 11.4 Å². The summed E-state index contributed by atoms with van der Waals surface area (Å²) in [6.07, 6.45) is 1.12. The third kappa shape index (κ3) is 4.27. The van der Waals surface area contributed by atoms with Crippen LogP contribution in [0.4, 0.5) is 10.1 Å². The molecule has 1 aliphatic rings. The number of nitrogens with one attached hydrogen (secondary N) is 1. The van der Waals surface area contributed by atoms with Gasteiger partial charge in [0.25, 0.3) is 10.0 Å². The molecule has 1 fully saturated rings. The van der Waals surface area contributed by atoms with E-state index in [4.69, 9.17) is 4.52 Å². The lowest BCUT2D eigenvalue weighted by Crippen LogP contribution is -2.43. The molecule has 11 heteroatoms. The van der Waals surface area contributed by atoms with Crippen LogP contribution in [0.5, 0.6) is 0 Å². The number of aromatic nitrogens is 2. The highest BCUT2D eigenvalue weighted by Gasteiger charge is 2.34. The molecule has 0 saturated carbocycles. The van der Waals surface area contributed by atoms with Crippen molar-refractivity contribution in [1.82, 2.24) is 14.4 Å². The number of rotatable bonds is 5. The predicted molar refractivity (Wildman–Crippen MR) is 109 cm³/mol. The minimum absolute atomic E-state index is 0.0675. The number of anilines is 1. The highest BCUT2D eigenvalue weighted by Crippen LogP contribution is 2.31. The maximum absolute atomic E-state index is 13.3. The number of carbonyl (C=O) groups excluding carboxylic acids is 1. The summed E-state index contributed by atoms with van der Waals surface area (Å²) in [7, 11) is -3.76. The Labute approximate surface area is 176 Å². The predicted octanol–water partition coefficient (Wildman–Crippen LogP) is 3.29. The molecular formula is C19H19FN4O4S2. The van der Waals surface area contributed by atoms with E-state index in [0.29, 0.717) is 42.4 Å². The van der Waals surface area contributed by atoms with E-state index in [-0.39, 0.29) is 16.7 Å². The fraction of sp³-hybridized carbons (Fsp3) is 0.316. The Hall–Kier alpha value is -2.63. The molecule has 0 bridgehead atoms. The Bertz CT molecular complexity index is 1170. The van der Waals surface area contributed by atoms with Crippen LogP contribution in [-0.4, -0.2) is 41.9 Å². The summed E-state index contributed by atoms with van der Waals surface area (Å²) in [6.45, 7) is 2.06. The van der Waals surface area contributed by atoms with Crippen LogP contribution in [0.2, 0.25) is 0 Å². The van der Waals surface area contributed by atoms with Crippen molar-refractivity contribution < 1.29 is 22.1 Å². The van der Waals surface area contributed by atoms with Gasteiger partial charge in [0.2, 0.25) is 17.6 Å². The Balaban J connectivity index is 1.48. The van der Waals surface area contributed by atoms with Crippen molar-refractivity contribution in [3.05, 3.63) is 47.4 Å². The summed E-state index contributed by atoms with van der Waals surface area (Å²) in [4.78, 5) is 16.7. The summed E-state index contributed by atoms with van der Waals surface area (Å²) in [5, 5.41) is 8.14. The molecule has 1 amide bonds. The summed E-state index contributed by atoms with van der Waals surface area (Å²) < 4.78 is 46.0. The van der Waals surface area contributed by atoms with Crippen LogP contribution in [0, 0.1) is 18.7 Å². The van der Waals surface area contributed by atoms with E-state index in [1.54, 1.807) is 18.4 Å². The van der Waals surface area contributed by atoms with Gasteiger partial charge in [-0.2, -0.15) is 9.29 Å². The zero-order valence-corrected chi connectivity index (χ0v) is 17.7. The maximum atomic E-state index is 13.3. The van der Waals surface area contributed by atoms with Gasteiger partial charge < -0.3 is 9.84 Å². The Morgan fingerprint density at radius 2 is 2.20 bits per heavy atom. The maximum Gasteiger partial charge on any atom is 0.252 e. The molecular weight excluding hydrogens is 431 g/mol. The van der Waals surface area contributed by atoms with E-state index in [0.717, 1.165) is 11.3 Å². The first-order valence-electron chi connectivity index (χ1n) is 9.29. The number of nitrogens with zero attached hydrogens (tertiary/aromatic N) is 3. The molecule has 4 rings (SSSR count). The number of piperidine rings is 1. The number of hydrogen-bond acceptors (Lipinski definition) is 7. The molecule has 0 spiro atoms.